The molecule has 160 valence electrons. The van der Waals surface area contributed by atoms with Crippen LogP contribution in [0.2, 0.25) is 0 Å². The van der Waals surface area contributed by atoms with Crippen molar-refractivity contribution in [1.29, 1.82) is 0 Å². The van der Waals surface area contributed by atoms with E-state index in [1.807, 2.05) is 19.9 Å². The molecule has 0 fully saturated rings. The fraction of sp³-hybridized carbons (Fsp3) is 0.500. The fourth-order valence-electron chi connectivity index (χ4n) is 4.23. The number of thiophene rings is 1. The first-order valence-corrected chi connectivity index (χ1v) is 12.2. The van der Waals surface area contributed by atoms with Crippen molar-refractivity contribution in [2.75, 3.05) is 25.2 Å². The molecule has 0 radical (unpaired) electrons. The number of carbonyl (C=O) groups excluding carboxylic acids is 1. The number of nitrogens with zero attached hydrogens (tertiary/aromatic N) is 3. The Kier molecular flexibility index (Phi) is 6.46. The van der Waals surface area contributed by atoms with Gasteiger partial charge in [0.2, 0.25) is 0 Å². The van der Waals surface area contributed by atoms with Crippen molar-refractivity contribution >= 4 is 44.9 Å². The van der Waals surface area contributed by atoms with Crippen LogP contribution in [0.5, 0.6) is 0 Å². The zero-order valence-electron chi connectivity index (χ0n) is 17.8. The normalized spacial score (nSPS) is 13.7. The molecule has 1 aliphatic rings. The van der Waals surface area contributed by atoms with E-state index in [1.165, 1.54) is 35.0 Å². The first kappa shape index (κ1) is 21.3. The summed E-state index contributed by atoms with van der Waals surface area (Å²) in [4.78, 5) is 24.5. The molecule has 0 bridgehead atoms. The Balaban J connectivity index is 1.49. The molecular weight excluding hydrogens is 416 g/mol. The lowest BCUT2D eigenvalue weighted by molar-refractivity contribution is 0.102. The Morgan fingerprint density at radius 3 is 2.90 bits per heavy atom. The average molecular weight is 445 g/mol. The van der Waals surface area contributed by atoms with Crippen LogP contribution in [0.25, 0.3) is 10.2 Å². The van der Waals surface area contributed by atoms with Crippen molar-refractivity contribution in [1.82, 2.24) is 14.5 Å². The summed E-state index contributed by atoms with van der Waals surface area (Å²) < 4.78 is 7.33. The number of thioether (sulfide) groups is 1. The molecule has 30 heavy (non-hydrogen) atoms. The van der Waals surface area contributed by atoms with Gasteiger partial charge in [-0.2, -0.15) is 0 Å². The van der Waals surface area contributed by atoms with Crippen LogP contribution in [0.4, 0.5) is 5.82 Å². The lowest BCUT2D eigenvalue weighted by Crippen LogP contribution is -2.08. The number of aryl methyl sites for hydroxylation is 3. The molecule has 3 heterocycles. The molecule has 0 aromatic carbocycles. The Bertz CT molecular complexity index is 1090. The monoisotopic (exact) mass is 444 g/mol. The molecule has 0 amide bonds. The van der Waals surface area contributed by atoms with Crippen molar-refractivity contribution in [3.8, 4) is 0 Å². The number of fused-ring (bicyclic) bond motifs is 3. The number of anilines is 1. The number of carbonyl (C=O) groups is 1. The molecule has 0 unspecified atom stereocenters. The van der Waals surface area contributed by atoms with Gasteiger partial charge in [-0.05, 0) is 57.6 Å². The highest BCUT2D eigenvalue weighted by atomic mass is 32.2. The summed E-state index contributed by atoms with van der Waals surface area (Å²) in [5.74, 6) is 0.947. The molecule has 0 saturated carbocycles. The van der Waals surface area contributed by atoms with E-state index in [-0.39, 0.29) is 5.78 Å². The maximum atomic E-state index is 12.9. The number of hydrogen-bond donors (Lipinski definition) is 1. The smallest absolute Gasteiger partial charge is 0.191 e. The first-order chi connectivity index (χ1) is 14.5. The highest BCUT2D eigenvalue weighted by Crippen LogP contribution is 2.38. The van der Waals surface area contributed by atoms with Gasteiger partial charge in [-0.1, -0.05) is 11.8 Å². The van der Waals surface area contributed by atoms with E-state index in [9.17, 15) is 4.79 Å². The van der Waals surface area contributed by atoms with Crippen molar-refractivity contribution < 1.29 is 9.53 Å². The van der Waals surface area contributed by atoms with Gasteiger partial charge >= 0.3 is 0 Å². The Morgan fingerprint density at radius 1 is 1.30 bits per heavy atom. The summed E-state index contributed by atoms with van der Waals surface area (Å²) >= 11 is 3.10. The van der Waals surface area contributed by atoms with Crippen LogP contribution < -0.4 is 5.73 Å². The minimum absolute atomic E-state index is 0.0961. The Labute approximate surface area is 185 Å². The van der Waals surface area contributed by atoms with Gasteiger partial charge in [0, 0.05) is 42.1 Å². The van der Waals surface area contributed by atoms with Gasteiger partial charge in [0.25, 0.3) is 0 Å². The van der Waals surface area contributed by atoms with Crippen LogP contribution in [0, 0.1) is 13.8 Å². The third-order valence-corrected chi connectivity index (χ3v) is 7.79. The summed E-state index contributed by atoms with van der Waals surface area (Å²) in [6.45, 7) is 5.61. The quantitative estimate of drug-likeness (QED) is 0.237. The SMILES string of the molecule is COCCCn1c(C)cc(C(=O)CSc2nc(N)c3c4c(sc3n2)CCCC4)c1C. The number of ether oxygens (including phenoxy) is 1. The van der Waals surface area contributed by atoms with Crippen LogP contribution in [-0.4, -0.2) is 39.8 Å². The van der Waals surface area contributed by atoms with Gasteiger partial charge in [-0.25, -0.2) is 9.97 Å². The number of hydrogen-bond acceptors (Lipinski definition) is 7. The van der Waals surface area contributed by atoms with E-state index in [0.29, 0.717) is 23.3 Å². The molecule has 0 atom stereocenters. The predicted molar refractivity (Wildman–Crippen MR) is 124 cm³/mol. The molecular formula is C22H28N4O2S2. The summed E-state index contributed by atoms with van der Waals surface area (Å²) in [5, 5.41) is 1.62. The number of rotatable bonds is 8. The maximum absolute atomic E-state index is 12.9. The third-order valence-electron chi connectivity index (χ3n) is 5.76. The van der Waals surface area contributed by atoms with Crippen LogP contribution in [0.1, 0.15) is 51.4 Å². The van der Waals surface area contributed by atoms with Gasteiger partial charge in [-0.15, -0.1) is 11.3 Å². The van der Waals surface area contributed by atoms with E-state index in [0.717, 1.165) is 53.0 Å². The van der Waals surface area contributed by atoms with E-state index in [2.05, 4.69) is 9.55 Å². The number of aromatic nitrogens is 3. The summed E-state index contributed by atoms with van der Waals surface area (Å²) in [6.07, 6.45) is 5.53. The Hall–Kier alpha value is -1.90. The van der Waals surface area contributed by atoms with Crippen LogP contribution in [0.3, 0.4) is 0 Å². The van der Waals surface area contributed by atoms with Gasteiger partial charge < -0.3 is 15.0 Å². The van der Waals surface area contributed by atoms with E-state index in [4.69, 9.17) is 15.5 Å². The first-order valence-electron chi connectivity index (χ1n) is 10.4. The number of nitrogen functional groups attached to an aromatic ring is 1. The molecule has 8 heteroatoms. The molecule has 3 aromatic rings. The second-order valence-corrected chi connectivity index (χ2v) is 9.80. The van der Waals surface area contributed by atoms with Crippen molar-refractivity contribution in [2.45, 2.75) is 57.7 Å². The van der Waals surface area contributed by atoms with Gasteiger partial charge in [-0.3, -0.25) is 4.79 Å². The van der Waals surface area contributed by atoms with Crippen LogP contribution in [0.15, 0.2) is 11.2 Å². The van der Waals surface area contributed by atoms with E-state index in [1.54, 1.807) is 18.4 Å². The summed E-state index contributed by atoms with van der Waals surface area (Å²) in [5.41, 5.74) is 10.5. The van der Waals surface area contributed by atoms with Gasteiger partial charge in [0.15, 0.2) is 10.9 Å². The van der Waals surface area contributed by atoms with Gasteiger partial charge in [0.05, 0.1) is 11.1 Å². The summed E-state index contributed by atoms with van der Waals surface area (Å²) in [7, 11) is 1.71. The molecule has 0 spiro atoms. The van der Waals surface area contributed by atoms with Crippen molar-refractivity contribution in [3.05, 3.63) is 33.5 Å². The molecule has 6 nitrogen and oxygen atoms in total. The minimum atomic E-state index is 0.0961. The predicted octanol–water partition coefficient (Wildman–Crippen LogP) is 4.58. The van der Waals surface area contributed by atoms with E-state index < -0.39 is 0 Å². The zero-order valence-corrected chi connectivity index (χ0v) is 19.4. The van der Waals surface area contributed by atoms with E-state index >= 15 is 0 Å². The Morgan fingerprint density at radius 2 is 2.10 bits per heavy atom. The second kappa shape index (κ2) is 9.08. The number of nitrogens with two attached hydrogens (primary N) is 1. The highest BCUT2D eigenvalue weighted by molar-refractivity contribution is 7.99. The molecule has 4 rings (SSSR count). The topological polar surface area (TPSA) is 83.0 Å². The van der Waals surface area contributed by atoms with Crippen LogP contribution >= 0.6 is 23.1 Å². The standard InChI is InChI=1S/C22H28N4O2S2/c1-13-11-16(14(2)26(13)9-6-10-28-3)17(27)12-29-22-24-20(23)19-15-7-4-5-8-18(15)30-21(19)25-22/h11H,4-10,12H2,1-3H3,(H2,23,24,25). The third kappa shape index (κ3) is 4.13. The average Bonchev–Trinajstić information content (AvgIpc) is 3.24. The van der Waals surface area contributed by atoms with Crippen molar-refractivity contribution in [2.24, 2.45) is 0 Å². The molecule has 1 aliphatic carbocycles. The number of ketones is 1. The number of Topliss-reactive ketones (excluding diaryl/α,β-unsaturated/α-hetero) is 1. The molecule has 3 aromatic heterocycles. The summed E-state index contributed by atoms with van der Waals surface area (Å²) in [6, 6.07) is 1.98. The molecule has 0 aliphatic heterocycles. The molecule has 0 saturated heterocycles. The second-order valence-electron chi connectivity index (χ2n) is 7.78. The largest absolute Gasteiger partial charge is 0.385 e. The minimum Gasteiger partial charge on any atom is -0.385 e. The van der Waals surface area contributed by atoms with Crippen LogP contribution in [-0.2, 0) is 24.1 Å². The van der Waals surface area contributed by atoms with Crippen molar-refractivity contribution in [3.63, 3.8) is 0 Å². The lowest BCUT2D eigenvalue weighted by Gasteiger charge is -2.10. The maximum Gasteiger partial charge on any atom is 0.191 e. The van der Waals surface area contributed by atoms with Gasteiger partial charge in [0.1, 0.15) is 10.6 Å². The highest BCUT2D eigenvalue weighted by Gasteiger charge is 2.21. The zero-order chi connectivity index (χ0) is 21.3. The molecule has 2 N–H and O–H groups in total. The number of methoxy groups -OCH3 is 1. The lowest BCUT2D eigenvalue weighted by atomic mass is 9.97. The fourth-order valence-corrected chi connectivity index (χ4v) is 6.29.